The van der Waals surface area contributed by atoms with Crippen LogP contribution in [0.2, 0.25) is 0 Å². The average molecular weight is 311 g/mol. The number of likely N-dealkylation sites (tertiary alicyclic amines) is 1. The van der Waals surface area contributed by atoms with Crippen LogP contribution in [-0.4, -0.2) is 53.2 Å². The van der Waals surface area contributed by atoms with E-state index in [1.807, 2.05) is 0 Å². The molecule has 0 aromatic rings. The molecule has 0 saturated carbocycles. The fraction of sp³-hybridized carbons (Fsp3) is 0.727. The maximum absolute atomic E-state index is 12.5. The van der Waals surface area contributed by atoms with Crippen LogP contribution in [-0.2, 0) is 9.59 Å². The molecule has 1 unspecified atom stereocenters. The van der Waals surface area contributed by atoms with Crippen molar-refractivity contribution in [1.82, 2.24) is 10.2 Å². The van der Waals surface area contributed by atoms with Gasteiger partial charge in [0, 0.05) is 13.1 Å². The number of piperidine rings is 1. The number of rotatable bonds is 4. The lowest BCUT2D eigenvalue weighted by molar-refractivity contribution is -0.183. The molecule has 0 spiro atoms. The van der Waals surface area contributed by atoms with E-state index < -0.39 is 42.5 Å². The molecule has 1 atom stereocenters. The lowest BCUT2D eigenvalue weighted by Gasteiger charge is -2.33. The van der Waals surface area contributed by atoms with Gasteiger partial charge in [-0.25, -0.2) is 9.59 Å². The Kier molecular flexibility index (Phi) is 5.39. The Bertz CT molecular complexity index is 419. The van der Waals surface area contributed by atoms with Crippen molar-refractivity contribution in [3.05, 3.63) is 0 Å². The van der Waals surface area contributed by atoms with Gasteiger partial charge in [-0.05, 0) is 12.8 Å². The van der Waals surface area contributed by atoms with Gasteiger partial charge in [-0.3, -0.25) is 4.79 Å². The Morgan fingerprint density at radius 1 is 1.29 bits per heavy atom. The average Bonchev–Trinajstić information content (AvgIpc) is 2.36. The first-order chi connectivity index (χ1) is 9.61. The van der Waals surface area contributed by atoms with E-state index in [-0.39, 0.29) is 25.9 Å². The lowest BCUT2D eigenvalue weighted by Crippen LogP contribution is -2.52. The minimum absolute atomic E-state index is 0.126. The van der Waals surface area contributed by atoms with Crippen molar-refractivity contribution in [2.45, 2.75) is 31.5 Å². The highest BCUT2D eigenvalue weighted by Crippen LogP contribution is 2.34. The molecular formula is C11H16F3N3O4. The Balaban J connectivity index is 2.53. The Morgan fingerprint density at radius 3 is 2.19 bits per heavy atom. The summed E-state index contributed by atoms with van der Waals surface area (Å²) < 4.78 is 37.4. The summed E-state index contributed by atoms with van der Waals surface area (Å²) in [5.74, 6) is -3.80. The van der Waals surface area contributed by atoms with Gasteiger partial charge in [-0.15, -0.1) is 0 Å². The molecule has 0 aromatic heterocycles. The number of carboxylic acid groups (broad SMARTS) is 1. The summed E-state index contributed by atoms with van der Waals surface area (Å²) in [4.78, 5) is 34.4. The number of hydrogen-bond acceptors (Lipinski definition) is 3. The third-order valence-electron chi connectivity index (χ3n) is 3.25. The number of nitrogens with zero attached hydrogens (tertiary/aromatic N) is 1. The molecule has 0 aliphatic carbocycles. The highest BCUT2D eigenvalue weighted by Gasteiger charge is 2.42. The number of hydrogen-bond donors (Lipinski definition) is 3. The minimum atomic E-state index is -4.29. The highest BCUT2D eigenvalue weighted by molar-refractivity contribution is 5.87. The zero-order chi connectivity index (χ0) is 16.2. The number of halogens is 3. The van der Waals surface area contributed by atoms with Crippen LogP contribution in [0.5, 0.6) is 0 Å². The Morgan fingerprint density at radius 2 is 1.81 bits per heavy atom. The molecule has 1 saturated heterocycles. The van der Waals surface area contributed by atoms with Gasteiger partial charge in [-0.2, -0.15) is 13.2 Å². The number of aliphatic carboxylic acids is 1. The van der Waals surface area contributed by atoms with E-state index >= 15 is 0 Å². The SMILES string of the molecule is NC(=O)CC(NC(=O)N1CCC(C(F)(F)F)CC1)C(=O)O. The maximum Gasteiger partial charge on any atom is 0.391 e. The Labute approximate surface area is 118 Å². The molecule has 0 aromatic carbocycles. The summed E-state index contributed by atoms with van der Waals surface area (Å²) in [6, 6.07) is -2.31. The first-order valence-corrected chi connectivity index (χ1v) is 6.24. The fourth-order valence-electron chi connectivity index (χ4n) is 2.05. The van der Waals surface area contributed by atoms with Crippen molar-refractivity contribution < 1.29 is 32.7 Å². The number of amides is 3. The molecule has 0 bridgehead atoms. The monoisotopic (exact) mass is 311 g/mol. The third-order valence-corrected chi connectivity index (χ3v) is 3.25. The lowest BCUT2D eigenvalue weighted by atomic mass is 9.96. The maximum atomic E-state index is 12.5. The number of urea groups is 1. The van der Waals surface area contributed by atoms with Crippen molar-refractivity contribution in [3.63, 3.8) is 0 Å². The van der Waals surface area contributed by atoms with E-state index in [0.717, 1.165) is 4.90 Å². The fourth-order valence-corrected chi connectivity index (χ4v) is 2.05. The van der Waals surface area contributed by atoms with Gasteiger partial charge < -0.3 is 21.1 Å². The van der Waals surface area contributed by atoms with Crippen LogP contribution in [0.25, 0.3) is 0 Å². The summed E-state index contributed by atoms with van der Waals surface area (Å²) >= 11 is 0. The van der Waals surface area contributed by atoms with E-state index in [1.165, 1.54) is 0 Å². The molecule has 0 radical (unpaired) electrons. The van der Waals surface area contributed by atoms with Crippen LogP contribution in [0.1, 0.15) is 19.3 Å². The molecule has 10 heteroatoms. The van der Waals surface area contributed by atoms with Gasteiger partial charge in [0.25, 0.3) is 0 Å². The van der Waals surface area contributed by atoms with E-state index in [4.69, 9.17) is 10.8 Å². The number of nitrogens with one attached hydrogen (secondary N) is 1. The minimum Gasteiger partial charge on any atom is -0.480 e. The standard InChI is InChI=1S/C11H16F3N3O4/c12-11(13,14)6-1-3-17(4-2-6)10(21)16-7(9(19)20)5-8(15)18/h6-7H,1-5H2,(H2,15,18)(H,16,21)(H,19,20). The molecule has 1 rings (SSSR count). The molecule has 4 N–H and O–H groups in total. The van der Waals surface area contributed by atoms with Gasteiger partial charge in [0.2, 0.25) is 5.91 Å². The number of alkyl halides is 3. The first-order valence-electron chi connectivity index (χ1n) is 6.24. The Hall–Kier alpha value is -2.00. The molecule has 1 aliphatic heterocycles. The predicted octanol–water partition coefficient (Wildman–Crippen LogP) is 0.299. The van der Waals surface area contributed by atoms with Crippen LogP contribution < -0.4 is 11.1 Å². The normalized spacial score (nSPS) is 18.1. The number of carbonyl (C=O) groups is 3. The van der Waals surface area contributed by atoms with Gasteiger partial charge in [-0.1, -0.05) is 0 Å². The summed E-state index contributed by atoms with van der Waals surface area (Å²) in [5.41, 5.74) is 4.86. The largest absolute Gasteiger partial charge is 0.480 e. The topological polar surface area (TPSA) is 113 Å². The smallest absolute Gasteiger partial charge is 0.391 e. The molecule has 7 nitrogen and oxygen atoms in total. The van der Waals surface area contributed by atoms with E-state index in [1.54, 1.807) is 0 Å². The zero-order valence-corrected chi connectivity index (χ0v) is 11.0. The molecule has 120 valence electrons. The van der Waals surface area contributed by atoms with E-state index in [9.17, 15) is 27.6 Å². The summed E-state index contributed by atoms with van der Waals surface area (Å²) in [6.45, 7) is -0.252. The van der Waals surface area contributed by atoms with Gasteiger partial charge in [0.15, 0.2) is 0 Å². The van der Waals surface area contributed by atoms with Crippen LogP contribution in [0.15, 0.2) is 0 Å². The van der Waals surface area contributed by atoms with Crippen molar-refractivity contribution in [1.29, 1.82) is 0 Å². The van der Waals surface area contributed by atoms with Gasteiger partial charge in [0.1, 0.15) is 6.04 Å². The third kappa shape index (κ3) is 5.12. The van der Waals surface area contributed by atoms with Gasteiger partial charge in [0.05, 0.1) is 12.3 Å². The van der Waals surface area contributed by atoms with Gasteiger partial charge >= 0.3 is 18.2 Å². The molecule has 1 fully saturated rings. The number of primary amides is 1. The first kappa shape index (κ1) is 17.1. The summed E-state index contributed by atoms with van der Waals surface area (Å²) in [5, 5.41) is 10.9. The summed E-state index contributed by atoms with van der Waals surface area (Å²) in [6.07, 6.45) is -5.34. The molecule has 1 heterocycles. The van der Waals surface area contributed by atoms with Crippen molar-refractivity contribution in [2.75, 3.05) is 13.1 Å². The molecule has 21 heavy (non-hydrogen) atoms. The number of carbonyl (C=O) groups excluding carboxylic acids is 2. The quantitative estimate of drug-likeness (QED) is 0.693. The van der Waals surface area contributed by atoms with Crippen molar-refractivity contribution in [3.8, 4) is 0 Å². The van der Waals surface area contributed by atoms with Crippen LogP contribution >= 0.6 is 0 Å². The second-order valence-corrected chi connectivity index (χ2v) is 4.81. The molecule has 1 aliphatic rings. The molecular weight excluding hydrogens is 295 g/mol. The molecule has 3 amide bonds. The van der Waals surface area contributed by atoms with Crippen LogP contribution in [0, 0.1) is 5.92 Å². The predicted molar refractivity (Wildman–Crippen MR) is 64.1 cm³/mol. The van der Waals surface area contributed by atoms with E-state index in [0.29, 0.717) is 0 Å². The zero-order valence-electron chi connectivity index (χ0n) is 11.0. The van der Waals surface area contributed by atoms with Crippen molar-refractivity contribution in [2.24, 2.45) is 11.7 Å². The van der Waals surface area contributed by atoms with E-state index in [2.05, 4.69) is 5.32 Å². The second kappa shape index (κ2) is 6.64. The van der Waals surface area contributed by atoms with Crippen LogP contribution in [0.3, 0.4) is 0 Å². The number of carboxylic acids is 1. The highest BCUT2D eigenvalue weighted by atomic mass is 19.4. The summed E-state index contributed by atoms with van der Waals surface area (Å²) in [7, 11) is 0. The van der Waals surface area contributed by atoms with Crippen molar-refractivity contribution >= 4 is 17.9 Å². The number of nitrogens with two attached hydrogens (primary N) is 1. The van der Waals surface area contributed by atoms with Crippen LogP contribution in [0.4, 0.5) is 18.0 Å². The second-order valence-electron chi connectivity index (χ2n) is 4.81.